The van der Waals surface area contributed by atoms with Gasteiger partial charge in [-0.25, -0.2) is 4.79 Å². The molecular weight excluding hydrogens is 350 g/mol. The van der Waals surface area contributed by atoms with Crippen LogP contribution in [0.3, 0.4) is 0 Å². The number of carbonyl (C=O) groups excluding carboxylic acids is 4. The van der Waals surface area contributed by atoms with Crippen LogP contribution in [0.5, 0.6) is 0 Å². The molecule has 0 aromatic carbocycles. The zero-order valence-corrected chi connectivity index (χ0v) is 17.0. The number of esters is 1. The van der Waals surface area contributed by atoms with Gasteiger partial charge in [0.15, 0.2) is 0 Å². The van der Waals surface area contributed by atoms with Crippen molar-refractivity contribution in [2.24, 2.45) is 17.3 Å². The summed E-state index contributed by atoms with van der Waals surface area (Å²) in [5.41, 5.74) is -1.57. The van der Waals surface area contributed by atoms with Gasteiger partial charge >= 0.3 is 12.1 Å². The van der Waals surface area contributed by atoms with Crippen LogP contribution in [-0.2, 0) is 23.9 Å². The third-order valence-corrected chi connectivity index (χ3v) is 5.90. The second-order valence-corrected chi connectivity index (χ2v) is 8.59. The van der Waals surface area contributed by atoms with Crippen molar-refractivity contribution in [3.63, 3.8) is 0 Å². The van der Waals surface area contributed by atoms with Crippen LogP contribution in [-0.4, -0.2) is 41.5 Å². The third kappa shape index (κ3) is 4.33. The first kappa shape index (κ1) is 21.4. The highest BCUT2D eigenvalue weighted by Gasteiger charge is 2.53. The van der Waals surface area contributed by atoms with E-state index in [1.165, 1.54) is 7.11 Å². The lowest BCUT2D eigenvalue weighted by molar-refractivity contribution is -0.152. The highest BCUT2D eigenvalue weighted by atomic mass is 16.6. The largest absolute Gasteiger partial charge is 0.469 e. The van der Waals surface area contributed by atoms with E-state index in [0.717, 1.165) is 32.1 Å². The Kier molecular flexibility index (Phi) is 6.32. The van der Waals surface area contributed by atoms with Crippen molar-refractivity contribution >= 4 is 23.9 Å². The second-order valence-electron chi connectivity index (χ2n) is 8.59. The summed E-state index contributed by atoms with van der Waals surface area (Å²) < 4.78 is 10.4. The molecule has 1 aliphatic heterocycles. The van der Waals surface area contributed by atoms with Crippen LogP contribution in [0.15, 0.2) is 0 Å². The van der Waals surface area contributed by atoms with Crippen molar-refractivity contribution < 1.29 is 28.7 Å². The average Bonchev–Trinajstić information content (AvgIpc) is 2.83. The second kappa shape index (κ2) is 7.98. The molecule has 27 heavy (non-hydrogen) atoms. The lowest BCUT2D eigenvalue weighted by atomic mass is 9.77. The Morgan fingerprint density at radius 2 is 1.67 bits per heavy atom. The van der Waals surface area contributed by atoms with E-state index in [2.05, 4.69) is 0 Å². The number of hydrogen-bond acceptors (Lipinski definition) is 6. The summed E-state index contributed by atoms with van der Waals surface area (Å²) >= 11 is 0. The number of ether oxygens (including phenoxy) is 2. The molecule has 1 saturated carbocycles. The van der Waals surface area contributed by atoms with Crippen LogP contribution in [0, 0.1) is 17.3 Å². The molecule has 1 saturated heterocycles. The van der Waals surface area contributed by atoms with Gasteiger partial charge in [-0.15, -0.1) is 0 Å². The quantitative estimate of drug-likeness (QED) is 0.535. The van der Waals surface area contributed by atoms with E-state index in [-0.39, 0.29) is 6.42 Å². The molecule has 0 bridgehead atoms. The monoisotopic (exact) mass is 381 g/mol. The summed E-state index contributed by atoms with van der Waals surface area (Å²) in [7, 11) is 1.29. The van der Waals surface area contributed by atoms with Gasteiger partial charge in [-0.2, -0.15) is 4.90 Å². The number of likely N-dealkylation sites (tertiary alicyclic amines) is 1. The molecule has 2 aliphatic rings. The molecular formula is C20H31NO6. The number of methoxy groups -OCH3 is 1. The predicted octanol–water partition coefficient (Wildman–Crippen LogP) is 3.45. The zero-order chi connectivity index (χ0) is 20.4. The fourth-order valence-corrected chi connectivity index (χ4v) is 4.22. The van der Waals surface area contributed by atoms with Gasteiger partial charge in [0, 0.05) is 0 Å². The maximum absolute atomic E-state index is 12.9. The fourth-order valence-electron chi connectivity index (χ4n) is 4.22. The SMILES string of the molecule is CCC1C(=O)N(C(=O)OC2(C)CCCCC2)C(=O)C1CC(C)(C)C(=O)OC. The van der Waals surface area contributed by atoms with E-state index >= 15 is 0 Å². The summed E-state index contributed by atoms with van der Waals surface area (Å²) in [5.74, 6) is -2.92. The minimum atomic E-state index is -0.932. The Morgan fingerprint density at radius 1 is 1.11 bits per heavy atom. The van der Waals surface area contributed by atoms with Gasteiger partial charge in [-0.3, -0.25) is 14.4 Å². The molecule has 2 unspecified atom stereocenters. The summed E-state index contributed by atoms with van der Waals surface area (Å²) in [5, 5.41) is 0. The predicted molar refractivity (Wildman–Crippen MR) is 97.5 cm³/mol. The van der Waals surface area contributed by atoms with Gasteiger partial charge in [0.2, 0.25) is 11.8 Å². The molecule has 0 N–H and O–H groups in total. The number of rotatable bonds is 5. The highest BCUT2D eigenvalue weighted by molar-refractivity contribution is 6.15. The maximum Gasteiger partial charge on any atom is 0.424 e. The Bertz CT molecular complexity index is 620. The minimum absolute atomic E-state index is 0.143. The first-order valence-electron chi connectivity index (χ1n) is 9.75. The Balaban J connectivity index is 2.18. The van der Waals surface area contributed by atoms with Gasteiger partial charge in [0.25, 0.3) is 0 Å². The summed E-state index contributed by atoms with van der Waals surface area (Å²) in [6, 6.07) is 0. The first-order valence-corrected chi connectivity index (χ1v) is 9.75. The minimum Gasteiger partial charge on any atom is -0.469 e. The lowest BCUT2D eigenvalue weighted by Gasteiger charge is -2.34. The molecule has 152 valence electrons. The van der Waals surface area contributed by atoms with Crippen molar-refractivity contribution in [3.05, 3.63) is 0 Å². The van der Waals surface area contributed by atoms with Crippen LogP contribution < -0.4 is 0 Å². The summed E-state index contributed by atoms with van der Waals surface area (Å²) in [6.45, 7) is 7.00. The van der Waals surface area contributed by atoms with Crippen molar-refractivity contribution in [1.82, 2.24) is 4.90 Å². The molecule has 0 aromatic rings. The van der Waals surface area contributed by atoms with Gasteiger partial charge in [-0.1, -0.05) is 13.3 Å². The molecule has 1 aliphatic carbocycles. The Labute approximate surface area is 160 Å². The fraction of sp³-hybridized carbons (Fsp3) is 0.800. The highest BCUT2D eigenvalue weighted by Crippen LogP contribution is 2.39. The zero-order valence-electron chi connectivity index (χ0n) is 17.0. The van der Waals surface area contributed by atoms with Crippen LogP contribution in [0.25, 0.3) is 0 Å². The topological polar surface area (TPSA) is 90.0 Å². The van der Waals surface area contributed by atoms with Crippen LogP contribution >= 0.6 is 0 Å². The Morgan fingerprint density at radius 3 is 2.19 bits per heavy atom. The summed E-state index contributed by atoms with van der Waals surface area (Å²) in [6.07, 6.45) is 4.13. The van der Waals surface area contributed by atoms with Crippen molar-refractivity contribution in [3.8, 4) is 0 Å². The van der Waals surface area contributed by atoms with Crippen molar-refractivity contribution in [1.29, 1.82) is 0 Å². The van der Waals surface area contributed by atoms with E-state index in [1.807, 2.05) is 6.92 Å². The van der Waals surface area contributed by atoms with Crippen LogP contribution in [0.1, 0.15) is 72.6 Å². The standard InChI is InChI=1S/C20H31NO6/c1-6-13-14(12-19(2,3)17(24)26-5)16(23)21(15(13)22)18(25)27-20(4)10-8-7-9-11-20/h13-14H,6-12H2,1-5H3. The number of nitrogens with zero attached hydrogens (tertiary/aromatic N) is 1. The van der Waals surface area contributed by atoms with Crippen LogP contribution in [0.2, 0.25) is 0 Å². The molecule has 2 fully saturated rings. The van der Waals surface area contributed by atoms with E-state index in [0.29, 0.717) is 11.3 Å². The molecule has 2 rings (SSSR count). The molecule has 2 atom stereocenters. The Hall–Kier alpha value is -1.92. The molecule has 0 aromatic heterocycles. The molecule has 0 spiro atoms. The molecule has 0 radical (unpaired) electrons. The van der Waals surface area contributed by atoms with E-state index < -0.39 is 46.7 Å². The van der Waals surface area contributed by atoms with E-state index in [9.17, 15) is 19.2 Å². The molecule has 3 amide bonds. The van der Waals surface area contributed by atoms with Gasteiger partial charge in [0.1, 0.15) is 5.60 Å². The number of amides is 3. The smallest absolute Gasteiger partial charge is 0.424 e. The number of hydrogen-bond donors (Lipinski definition) is 0. The molecule has 7 heteroatoms. The molecule has 1 heterocycles. The van der Waals surface area contributed by atoms with Gasteiger partial charge < -0.3 is 9.47 Å². The van der Waals surface area contributed by atoms with Crippen molar-refractivity contribution in [2.75, 3.05) is 7.11 Å². The van der Waals surface area contributed by atoms with Gasteiger partial charge in [0.05, 0.1) is 24.4 Å². The summed E-state index contributed by atoms with van der Waals surface area (Å²) in [4.78, 5) is 51.0. The van der Waals surface area contributed by atoms with E-state index in [1.54, 1.807) is 20.8 Å². The van der Waals surface area contributed by atoms with Crippen molar-refractivity contribution in [2.45, 2.75) is 78.2 Å². The van der Waals surface area contributed by atoms with Gasteiger partial charge in [-0.05, 0) is 59.3 Å². The number of carbonyl (C=O) groups is 4. The third-order valence-electron chi connectivity index (χ3n) is 5.90. The lowest BCUT2D eigenvalue weighted by Crippen LogP contribution is -2.44. The van der Waals surface area contributed by atoms with E-state index in [4.69, 9.17) is 9.47 Å². The van der Waals surface area contributed by atoms with Crippen LogP contribution in [0.4, 0.5) is 4.79 Å². The first-order chi connectivity index (χ1) is 12.6. The maximum atomic E-state index is 12.9. The number of imide groups is 3. The molecule has 7 nitrogen and oxygen atoms in total. The normalized spacial score (nSPS) is 25.4. The average molecular weight is 381 g/mol.